The van der Waals surface area contributed by atoms with Crippen LogP contribution in [0.2, 0.25) is 0 Å². The second kappa shape index (κ2) is 7.23. The van der Waals surface area contributed by atoms with Crippen molar-refractivity contribution in [1.29, 1.82) is 0 Å². The average molecular weight is 287 g/mol. The van der Waals surface area contributed by atoms with Crippen molar-refractivity contribution in [2.45, 2.75) is 33.2 Å². The maximum atomic E-state index is 13.7. The molecular weight excluding hydrogens is 265 g/mol. The first-order chi connectivity index (χ1) is 10.1. The van der Waals surface area contributed by atoms with Gasteiger partial charge in [0, 0.05) is 6.04 Å². The summed E-state index contributed by atoms with van der Waals surface area (Å²) in [5, 5.41) is 3.43. The van der Waals surface area contributed by atoms with Gasteiger partial charge in [0.15, 0.2) is 11.6 Å². The molecule has 0 amide bonds. The highest BCUT2D eigenvalue weighted by Crippen LogP contribution is 2.27. The molecule has 0 bridgehead atoms. The largest absolute Gasteiger partial charge is 0.454 e. The summed E-state index contributed by atoms with van der Waals surface area (Å²) < 4.78 is 19.3. The number of halogens is 1. The molecule has 0 aliphatic carbocycles. The lowest BCUT2D eigenvalue weighted by Gasteiger charge is -2.16. The van der Waals surface area contributed by atoms with E-state index in [1.54, 1.807) is 12.1 Å². The zero-order valence-corrected chi connectivity index (χ0v) is 12.8. The van der Waals surface area contributed by atoms with E-state index in [-0.39, 0.29) is 11.6 Å². The molecule has 2 aromatic rings. The molecule has 0 fully saturated rings. The van der Waals surface area contributed by atoms with Gasteiger partial charge in [0.05, 0.1) is 0 Å². The van der Waals surface area contributed by atoms with E-state index in [0.29, 0.717) is 11.8 Å². The summed E-state index contributed by atoms with van der Waals surface area (Å²) >= 11 is 0. The van der Waals surface area contributed by atoms with Crippen molar-refractivity contribution in [1.82, 2.24) is 5.32 Å². The summed E-state index contributed by atoms with van der Waals surface area (Å²) in [6.07, 6.45) is 1.03. The van der Waals surface area contributed by atoms with Crippen LogP contribution < -0.4 is 10.1 Å². The van der Waals surface area contributed by atoms with Crippen LogP contribution in [0.1, 0.15) is 37.4 Å². The SMILES string of the molecule is CCNC(CC)c1ccc(Oc2cc(C)ccc2F)cc1. The van der Waals surface area contributed by atoms with Gasteiger partial charge in [-0.1, -0.05) is 32.0 Å². The van der Waals surface area contributed by atoms with Gasteiger partial charge in [0.2, 0.25) is 0 Å². The second-order valence-electron chi connectivity index (χ2n) is 5.12. The van der Waals surface area contributed by atoms with Crippen molar-refractivity contribution in [2.24, 2.45) is 0 Å². The van der Waals surface area contributed by atoms with Gasteiger partial charge >= 0.3 is 0 Å². The molecule has 3 heteroatoms. The van der Waals surface area contributed by atoms with E-state index < -0.39 is 0 Å². The summed E-state index contributed by atoms with van der Waals surface area (Å²) in [6.45, 7) is 7.10. The Bertz CT molecular complexity index is 580. The summed E-state index contributed by atoms with van der Waals surface area (Å²) in [7, 11) is 0. The van der Waals surface area contributed by atoms with Gasteiger partial charge in [-0.15, -0.1) is 0 Å². The lowest BCUT2D eigenvalue weighted by molar-refractivity contribution is 0.441. The number of rotatable bonds is 6. The fourth-order valence-electron chi connectivity index (χ4n) is 2.33. The number of nitrogens with one attached hydrogen (secondary N) is 1. The van der Waals surface area contributed by atoms with Gasteiger partial charge in [0.1, 0.15) is 5.75 Å². The highest BCUT2D eigenvalue weighted by atomic mass is 19.1. The quantitative estimate of drug-likeness (QED) is 0.808. The van der Waals surface area contributed by atoms with Crippen LogP contribution in [0.25, 0.3) is 0 Å². The number of hydrogen-bond acceptors (Lipinski definition) is 2. The molecule has 1 unspecified atom stereocenters. The predicted molar refractivity (Wildman–Crippen MR) is 84.4 cm³/mol. The monoisotopic (exact) mass is 287 g/mol. The van der Waals surface area contributed by atoms with Crippen molar-refractivity contribution >= 4 is 0 Å². The van der Waals surface area contributed by atoms with Crippen LogP contribution in [0.3, 0.4) is 0 Å². The molecule has 0 aliphatic heterocycles. The Morgan fingerprint density at radius 2 is 1.81 bits per heavy atom. The van der Waals surface area contributed by atoms with Crippen molar-refractivity contribution in [2.75, 3.05) is 6.54 Å². The standard InChI is InChI=1S/C18H22FNO/c1-4-17(20-5-2)14-7-9-15(10-8-14)21-18-12-13(3)6-11-16(18)19/h6-12,17,20H,4-5H2,1-3H3. The van der Waals surface area contributed by atoms with E-state index in [9.17, 15) is 4.39 Å². The Balaban J connectivity index is 2.13. The number of benzene rings is 2. The third-order valence-electron chi connectivity index (χ3n) is 3.46. The van der Waals surface area contributed by atoms with Crippen LogP contribution in [0.15, 0.2) is 42.5 Å². The first-order valence-corrected chi connectivity index (χ1v) is 7.41. The van der Waals surface area contributed by atoms with Crippen molar-refractivity contribution < 1.29 is 9.13 Å². The Hall–Kier alpha value is -1.87. The molecule has 2 rings (SSSR count). The lowest BCUT2D eigenvalue weighted by atomic mass is 10.0. The van der Waals surface area contributed by atoms with Crippen LogP contribution in [0.4, 0.5) is 4.39 Å². The highest BCUT2D eigenvalue weighted by Gasteiger charge is 2.09. The highest BCUT2D eigenvalue weighted by molar-refractivity contribution is 5.36. The van der Waals surface area contributed by atoms with E-state index in [2.05, 4.69) is 19.2 Å². The average Bonchev–Trinajstić information content (AvgIpc) is 2.49. The zero-order chi connectivity index (χ0) is 15.2. The topological polar surface area (TPSA) is 21.3 Å². The van der Waals surface area contributed by atoms with Gasteiger partial charge in [0.25, 0.3) is 0 Å². The molecule has 112 valence electrons. The molecule has 0 saturated carbocycles. The van der Waals surface area contributed by atoms with E-state index in [1.807, 2.05) is 31.2 Å². The first-order valence-electron chi connectivity index (χ1n) is 7.41. The third-order valence-corrected chi connectivity index (χ3v) is 3.46. The maximum absolute atomic E-state index is 13.7. The minimum absolute atomic E-state index is 0.265. The van der Waals surface area contributed by atoms with Crippen molar-refractivity contribution in [3.8, 4) is 11.5 Å². The lowest BCUT2D eigenvalue weighted by Crippen LogP contribution is -2.19. The molecule has 0 spiro atoms. The molecule has 0 saturated heterocycles. The molecular formula is C18H22FNO. The second-order valence-corrected chi connectivity index (χ2v) is 5.12. The fourth-order valence-corrected chi connectivity index (χ4v) is 2.33. The Morgan fingerprint density at radius 1 is 1.10 bits per heavy atom. The minimum atomic E-state index is -0.344. The predicted octanol–water partition coefficient (Wildman–Crippen LogP) is 4.99. The van der Waals surface area contributed by atoms with Crippen molar-refractivity contribution in [3.63, 3.8) is 0 Å². The maximum Gasteiger partial charge on any atom is 0.165 e. The van der Waals surface area contributed by atoms with E-state index in [4.69, 9.17) is 4.74 Å². The van der Waals surface area contributed by atoms with Gasteiger partial charge < -0.3 is 10.1 Å². The Labute approximate surface area is 126 Å². The van der Waals surface area contributed by atoms with Crippen LogP contribution >= 0.6 is 0 Å². The molecule has 2 nitrogen and oxygen atoms in total. The summed E-state index contributed by atoms with van der Waals surface area (Å²) in [4.78, 5) is 0. The number of ether oxygens (including phenoxy) is 1. The first kappa shape index (κ1) is 15.5. The summed E-state index contributed by atoms with van der Waals surface area (Å²) in [6, 6.07) is 13.0. The van der Waals surface area contributed by atoms with Gasteiger partial charge in [-0.2, -0.15) is 0 Å². The van der Waals surface area contributed by atoms with Crippen LogP contribution in [0.5, 0.6) is 11.5 Å². The third kappa shape index (κ3) is 4.05. The zero-order valence-electron chi connectivity index (χ0n) is 12.8. The van der Waals surface area contributed by atoms with Crippen LogP contribution in [-0.4, -0.2) is 6.54 Å². The van der Waals surface area contributed by atoms with E-state index in [1.165, 1.54) is 11.6 Å². The molecule has 0 aromatic heterocycles. The number of hydrogen-bond donors (Lipinski definition) is 1. The smallest absolute Gasteiger partial charge is 0.165 e. The molecule has 1 atom stereocenters. The van der Waals surface area contributed by atoms with E-state index in [0.717, 1.165) is 18.5 Å². The summed E-state index contributed by atoms with van der Waals surface area (Å²) in [5.74, 6) is 0.569. The normalized spacial score (nSPS) is 12.2. The van der Waals surface area contributed by atoms with Crippen molar-refractivity contribution in [3.05, 3.63) is 59.4 Å². The fraction of sp³-hybridized carbons (Fsp3) is 0.333. The Morgan fingerprint density at radius 3 is 2.43 bits per heavy atom. The molecule has 1 N–H and O–H groups in total. The van der Waals surface area contributed by atoms with Gasteiger partial charge in [-0.3, -0.25) is 0 Å². The minimum Gasteiger partial charge on any atom is -0.454 e. The molecule has 0 radical (unpaired) electrons. The van der Waals surface area contributed by atoms with Gasteiger partial charge in [-0.05, 0) is 55.3 Å². The molecule has 21 heavy (non-hydrogen) atoms. The Kier molecular flexibility index (Phi) is 5.34. The van der Waals surface area contributed by atoms with Gasteiger partial charge in [-0.25, -0.2) is 4.39 Å². The van der Waals surface area contributed by atoms with Crippen LogP contribution in [-0.2, 0) is 0 Å². The molecule has 0 heterocycles. The summed E-state index contributed by atoms with van der Waals surface area (Å²) in [5.41, 5.74) is 2.19. The molecule has 0 aliphatic rings. The number of aryl methyl sites for hydroxylation is 1. The van der Waals surface area contributed by atoms with E-state index >= 15 is 0 Å². The molecule has 2 aromatic carbocycles. The van der Waals surface area contributed by atoms with Crippen LogP contribution in [0, 0.1) is 12.7 Å².